The molecule has 0 saturated carbocycles. The van der Waals surface area contributed by atoms with Crippen LogP contribution in [0, 0.1) is 10.1 Å². The first kappa shape index (κ1) is 9.72. The molecule has 0 aliphatic carbocycles. The van der Waals surface area contributed by atoms with Crippen molar-refractivity contribution in [1.29, 1.82) is 0 Å². The Hall–Kier alpha value is -2.49. The monoisotopic (exact) mass is 224 g/mol. The average Bonchev–Trinajstić information content (AvgIpc) is 2.38. The summed E-state index contributed by atoms with van der Waals surface area (Å²) in [5.41, 5.74) is 0.651. The lowest BCUT2D eigenvalue weighted by Gasteiger charge is -2.00. The van der Waals surface area contributed by atoms with Crippen LogP contribution in [-0.4, -0.2) is 9.91 Å². The van der Waals surface area contributed by atoms with Gasteiger partial charge >= 0.3 is 5.82 Å². The lowest BCUT2D eigenvalue weighted by molar-refractivity contribution is -0.389. The number of hydrogen-bond acceptors (Lipinski definition) is 3. The topological polar surface area (TPSA) is 56.0 Å². The summed E-state index contributed by atoms with van der Waals surface area (Å²) in [5, 5.41) is 13.8. The van der Waals surface area contributed by atoms with Crippen molar-refractivity contribution in [3.05, 3.63) is 58.6 Å². The minimum Gasteiger partial charge on any atom is -0.358 e. The number of benzene rings is 2. The Morgan fingerprint density at radius 1 is 0.941 bits per heavy atom. The van der Waals surface area contributed by atoms with E-state index in [-0.39, 0.29) is 5.82 Å². The van der Waals surface area contributed by atoms with Gasteiger partial charge in [0.1, 0.15) is 0 Å². The number of pyridine rings is 1. The van der Waals surface area contributed by atoms with Crippen LogP contribution in [0.4, 0.5) is 5.82 Å². The maximum Gasteiger partial charge on any atom is 0.364 e. The van der Waals surface area contributed by atoms with Crippen LogP contribution >= 0.6 is 0 Å². The number of rotatable bonds is 1. The minimum absolute atomic E-state index is 0.118. The number of hydrogen-bond donors (Lipinski definition) is 0. The Labute approximate surface area is 96.7 Å². The molecule has 0 atom stereocenters. The van der Waals surface area contributed by atoms with Crippen molar-refractivity contribution >= 4 is 27.5 Å². The predicted octanol–water partition coefficient (Wildman–Crippen LogP) is 3.30. The van der Waals surface area contributed by atoms with Gasteiger partial charge in [0.25, 0.3) is 0 Å². The van der Waals surface area contributed by atoms with Gasteiger partial charge in [-0.25, -0.2) is 0 Å². The fraction of sp³-hybridized carbons (Fsp3) is 0. The molecule has 0 amide bonds. The number of nitrogens with zero attached hydrogens (tertiary/aromatic N) is 2. The van der Waals surface area contributed by atoms with Crippen molar-refractivity contribution in [3.8, 4) is 0 Å². The van der Waals surface area contributed by atoms with Gasteiger partial charge in [0, 0.05) is 11.5 Å². The molecule has 3 aromatic rings. The highest BCUT2D eigenvalue weighted by Gasteiger charge is 2.10. The summed E-state index contributed by atoms with van der Waals surface area (Å²) in [7, 11) is 0. The van der Waals surface area contributed by atoms with Crippen molar-refractivity contribution in [2.24, 2.45) is 0 Å². The molecule has 0 N–H and O–H groups in total. The van der Waals surface area contributed by atoms with E-state index in [0.717, 1.165) is 16.2 Å². The van der Waals surface area contributed by atoms with Crippen molar-refractivity contribution in [3.63, 3.8) is 0 Å². The van der Waals surface area contributed by atoms with Gasteiger partial charge in [0.05, 0.1) is 0 Å². The maximum absolute atomic E-state index is 10.7. The molecule has 17 heavy (non-hydrogen) atoms. The molecule has 0 spiro atoms. The third kappa shape index (κ3) is 1.50. The van der Waals surface area contributed by atoms with Gasteiger partial charge in [-0.05, 0) is 38.9 Å². The Bertz CT molecular complexity index is 738. The molecule has 0 aliphatic heterocycles. The first-order valence-electron chi connectivity index (χ1n) is 5.18. The fourth-order valence-corrected chi connectivity index (χ4v) is 1.98. The molecule has 1 heterocycles. The third-order valence-electron chi connectivity index (χ3n) is 2.77. The highest BCUT2D eigenvalue weighted by Crippen LogP contribution is 2.25. The summed E-state index contributed by atoms with van der Waals surface area (Å²) in [4.78, 5) is 14.2. The zero-order valence-corrected chi connectivity index (χ0v) is 8.83. The lowest BCUT2D eigenvalue weighted by atomic mass is 10.1. The Kier molecular flexibility index (Phi) is 2.01. The van der Waals surface area contributed by atoms with Crippen molar-refractivity contribution in [1.82, 2.24) is 4.98 Å². The molecule has 0 bridgehead atoms. The fourth-order valence-electron chi connectivity index (χ4n) is 1.98. The van der Waals surface area contributed by atoms with E-state index in [1.807, 2.05) is 36.4 Å². The highest BCUT2D eigenvalue weighted by molar-refractivity contribution is 6.06. The number of nitro groups is 1. The van der Waals surface area contributed by atoms with Gasteiger partial charge in [0.2, 0.25) is 0 Å². The summed E-state index contributed by atoms with van der Waals surface area (Å²) < 4.78 is 0. The zero-order chi connectivity index (χ0) is 11.8. The second kappa shape index (κ2) is 3.52. The van der Waals surface area contributed by atoms with Crippen LogP contribution in [0.2, 0.25) is 0 Å². The first-order valence-corrected chi connectivity index (χ1v) is 5.18. The van der Waals surface area contributed by atoms with E-state index in [0.29, 0.717) is 5.52 Å². The summed E-state index contributed by atoms with van der Waals surface area (Å²) in [6, 6.07) is 14.8. The van der Waals surface area contributed by atoms with Crippen LogP contribution in [0.25, 0.3) is 21.7 Å². The minimum atomic E-state index is -0.478. The van der Waals surface area contributed by atoms with Gasteiger partial charge in [-0.15, -0.1) is 0 Å². The van der Waals surface area contributed by atoms with Gasteiger partial charge < -0.3 is 10.1 Å². The molecule has 0 aliphatic rings. The molecule has 3 rings (SSSR count). The van der Waals surface area contributed by atoms with E-state index in [2.05, 4.69) is 4.98 Å². The maximum atomic E-state index is 10.7. The largest absolute Gasteiger partial charge is 0.364 e. The highest BCUT2D eigenvalue weighted by atomic mass is 16.6. The second-order valence-electron chi connectivity index (χ2n) is 3.78. The number of aromatic nitrogens is 1. The van der Waals surface area contributed by atoms with Gasteiger partial charge in [0.15, 0.2) is 5.52 Å². The van der Waals surface area contributed by atoms with Crippen LogP contribution in [0.3, 0.4) is 0 Å². The summed E-state index contributed by atoms with van der Waals surface area (Å²) in [6.07, 6.45) is 0. The molecular weight excluding hydrogens is 216 g/mol. The average molecular weight is 224 g/mol. The van der Waals surface area contributed by atoms with Crippen LogP contribution in [0.5, 0.6) is 0 Å². The summed E-state index contributed by atoms with van der Waals surface area (Å²) in [6.45, 7) is 0. The molecule has 1 aromatic heterocycles. The summed E-state index contributed by atoms with van der Waals surface area (Å²) in [5.74, 6) is -0.118. The van der Waals surface area contributed by atoms with Gasteiger partial charge in [-0.2, -0.15) is 0 Å². The zero-order valence-electron chi connectivity index (χ0n) is 8.83. The Morgan fingerprint density at radius 2 is 1.76 bits per heavy atom. The Balaban J connectivity index is 2.41. The third-order valence-corrected chi connectivity index (χ3v) is 2.77. The van der Waals surface area contributed by atoms with Gasteiger partial charge in [-0.3, -0.25) is 0 Å². The SMILES string of the molecule is O=[N+]([O-])c1ccc2c(ccc3ccccc32)n1. The second-order valence-corrected chi connectivity index (χ2v) is 3.78. The lowest BCUT2D eigenvalue weighted by Crippen LogP contribution is -1.92. The van der Waals surface area contributed by atoms with E-state index in [4.69, 9.17) is 0 Å². The van der Waals surface area contributed by atoms with Crippen LogP contribution < -0.4 is 0 Å². The smallest absolute Gasteiger partial charge is 0.358 e. The normalized spacial score (nSPS) is 10.8. The molecular formula is C13H8N2O2. The molecule has 4 heteroatoms. The van der Waals surface area contributed by atoms with E-state index in [1.54, 1.807) is 6.07 Å². The summed E-state index contributed by atoms with van der Waals surface area (Å²) >= 11 is 0. The van der Waals surface area contributed by atoms with E-state index in [9.17, 15) is 10.1 Å². The predicted molar refractivity (Wildman–Crippen MR) is 65.9 cm³/mol. The molecule has 4 nitrogen and oxygen atoms in total. The molecule has 2 aromatic carbocycles. The molecule has 0 radical (unpaired) electrons. The van der Waals surface area contributed by atoms with E-state index < -0.39 is 4.92 Å². The van der Waals surface area contributed by atoms with Crippen molar-refractivity contribution in [2.45, 2.75) is 0 Å². The Morgan fingerprint density at radius 3 is 2.59 bits per heavy atom. The molecule has 0 fully saturated rings. The van der Waals surface area contributed by atoms with Gasteiger partial charge in [-0.1, -0.05) is 24.3 Å². The van der Waals surface area contributed by atoms with Crippen molar-refractivity contribution in [2.75, 3.05) is 0 Å². The van der Waals surface area contributed by atoms with E-state index >= 15 is 0 Å². The number of fused-ring (bicyclic) bond motifs is 3. The molecule has 0 unspecified atom stereocenters. The van der Waals surface area contributed by atoms with Crippen LogP contribution in [-0.2, 0) is 0 Å². The molecule has 82 valence electrons. The quantitative estimate of drug-likeness (QED) is 0.362. The van der Waals surface area contributed by atoms with Crippen LogP contribution in [0.1, 0.15) is 0 Å². The standard InChI is InChI=1S/C13H8N2O2/c16-15(17)13-8-6-11-10-4-2-1-3-9(10)5-7-12(11)14-13/h1-8H. The first-order chi connectivity index (χ1) is 8.25. The molecule has 0 saturated heterocycles. The van der Waals surface area contributed by atoms with E-state index in [1.165, 1.54) is 6.07 Å². The van der Waals surface area contributed by atoms with Crippen LogP contribution in [0.15, 0.2) is 48.5 Å². The van der Waals surface area contributed by atoms with Crippen molar-refractivity contribution < 1.29 is 4.92 Å².